The quantitative estimate of drug-likeness (QED) is 0.692. The summed E-state index contributed by atoms with van der Waals surface area (Å²) in [5.41, 5.74) is 2.11. The second-order valence-electron chi connectivity index (χ2n) is 4.78. The van der Waals surface area contributed by atoms with Gasteiger partial charge in [-0.15, -0.1) is 10.2 Å². The minimum absolute atomic E-state index is 0.457. The van der Waals surface area contributed by atoms with E-state index in [1.165, 1.54) is 5.56 Å². The molecule has 0 spiro atoms. The van der Waals surface area contributed by atoms with Crippen molar-refractivity contribution in [2.24, 2.45) is 0 Å². The number of aromatic nitrogens is 4. The van der Waals surface area contributed by atoms with Crippen LogP contribution >= 0.6 is 11.6 Å². The minimum atomic E-state index is 0.457. The van der Waals surface area contributed by atoms with Gasteiger partial charge < -0.3 is 0 Å². The molecule has 20 heavy (non-hydrogen) atoms. The zero-order chi connectivity index (χ0) is 13.9. The Hall–Kier alpha value is -1.94. The summed E-state index contributed by atoms with van der Waals surface area (Å²) in [5, 5.41) is 8.85. The topological polar surface area (TPSA) is 43.1 Å². The van der Waals surface area contributed by atoms with Gasteiger partial charge in [-0.05, 0) is 25.3 Å². The Balaban J connectivity index is 1.75. The molecule has 3 aromatic rings. The van der Waals surface area contributed by atoms with Crippen LogP contribution in [-0.2, 0) is 12.8 Å². The molecule has 0 saturated heterocycles. The molecule has 102 valence electrons. The van der Waals surface area contributed by atoms with E-state index in [1.807, 2.05) is 17.4 Å². The van der Waals surface area contributed by atoms with Gasteiger partial charge in [0.25, 0.3) is 0 Å². The van der Waals surface area contributed by atoms with Gasteiger partial charge in [0.15, 0.2) is 5.65 Å². The molecule has 2 aromatic heterocycles. The molecule has 0 unspecified atom stereocenters. The van der Waals surface area contributed by atoms with E-state index < -0.39 is 0 Å². The fourth-order valence-corrected chi connectivity index (χ4v) is 2.60. The van der Waals surface area contributed by atoms with E-state index in [-0.39, 0.29) is 0 Å². The maximum atomic E-state index is 5.93. The van der Waals surface area contributed by atoms with Crippen molar-refractivity contribution < 1.29 is 0 Å². The Labute approximate surface area is 122 Å². The van der Waals surface area contributed by atoms with Gasteiger partial charge in [0.05, 0.1) is 0 Å². The van der Waals surface area contributed by atoms with Gasteiger partial charge in [0.1, 0.15) is 16.8 Å². The lowest BCUT2D eigenvalue weighted by Crippen LogP contribution is -2.02. The largest absolute Gasteiger partial charge is 0.267 e. The first-order chi connectivity index (χ1) is 9.74. The third kappa shape index (κ3) is 2.65. The second kappa shape index (κ2) is 5.59. The van der Waals surface area contributed by atoms with Gasteiger partial charge in [-0.25, -0.2) is 4.98 Å². The van der Waals surface area contributed by atoms with Gasteiger partial charge in [0, 0.05) is 12.5 Å². The summed E-state index contributed by atoms with van der Waals surface area (Å²) in [7, 11) is 0. The normalized spacial score (nSPS) is 11.1. The third-order valence-corrected chi connectivity index (χ3v) is 3.50. The third-order valence-electron chi connectivity index (χ3n) is 3.30. The molecule has 5 heteroatoms. The Kier molecular flexibility index (Phi) is 3.65. The van der Waals surface area contributed by atoms with Crippen molar-refractivity contribution >= 4 is 17.2 Å². The summed E-state index contributed by atoms with van der Waals surface area (Å²) < 4.78 is 1.97. The fourth-order valence-electron chi connectivity index (χ4n) is 2.38. The predicted molar refractivity (Wildman–Crippen MR) is 79.0 cm³/mol. The molecule has 4 nitrogen and oxygen atoms in total. The van der Waals surface area contributed by atoms with E-state index in [2.05, 4.69) is 39.4 Å². The Morgan fingerprint density at radius 1 is 1.10 bits per heavy atom. The summed E-state index contributed by atoms with van der Waals surface area (Å²) in [6.07, 6.45) is 2.95. The van der Waals surface area contributed by atoms with Crippen LogP contribution in [0.2, 0.25) is 5.15 Å². The maximum absolute atomic E-state index is 5.93. The SMILES string of the molecule is Cc1nc(Cl)cc2nnc(CCCc3ccccc3)n12. The van der Waals surface area contributed by atoms with E-state index in [9.17, 15) is 0 Å². The van der Waals surface area contributed by atoms with E-state index in [1.54, 1.807) is 6.07 Å². The van der Waals surface area contributed by atoms with Crippen LogP contribution in [0, 0.1) is 6.92 Å². The van der Waals surface area contributed by atoms with Crippen molar-refractivity contribution in [2.75, 3.05) is 0 Å². The zero-order valence-electron chi connectivity index (χ0n) is 11.3. The lowest BCUT2D eigenvalue weighted by Gasteiger charge is -2.04. The summed E-state index contributed by atoms with van der Waals surface area (Å²) in [5.74, 6) is 1.77. The zero-order valence-corrected chi connectivity index (χ0v) is 12.0. The molecule has 2 heterocycles. The van der Waals surface area contributed by atoms with Crippen LogP contribution in [0.3, 0.4) is 0 Å². The standard InChI is InChI=1S/C15H15ClN4/c1-11-17-13(16)10-15-19-18-14(20(11)15)9-5-8-12-6-3-2-4-7-12/h2-4,6-7,10H,5,8-9H2,1H3. The van der Waals surface area contributed by atoms with Gasteiger partial charge in [-0.2, -0.15) is 0 Å². The van der Waals surface area contributed by atoms with Crippen LogP contribution in [0.15, 0.2) is 36.4 Å². The van der Waals surface area contributed by atoms with Crippen LogP contribution in [-0.4, -0.2) is 19.6 Å². The van der Waals surface area contributed by atoms with Crippen molar-refractivity contribution in [3.8, 4) is 0 Å². The summed E-state index contributed by atoms with van der Waals surface area (Å²) in [4.78, 5) is 4.25. The molecule has 0 fully saturated rings. The molecular formula is C15H15ClN4. The maximum Gasteiger partial charge on any atom is 0.165 e. The molecule has 0 saturated carbocycles. The monoisotopic (exact) mass is 286 g/mol. The smallest absolute Gasteiger partial charge is 0.165 e. The van der Waals surface area contributed by atoms with Crippen molar-refractivity contribution in [1.29, 1.82) is 0 Å². The number of rotatable bonds is 4. The molecule has 0 bridgehead atoms. The van der Waals surface area contributed by atoms with Crippen LogP contribution < -0.4 is 0 Å². The molecule has 0 aliphatic carbocycles. The lowest BCUT2D eigenvalue weighted by molar-refractivity contribution is 0.750. The average Bonchev–Trinajstić information content (AvgIpc) is 2.83. The first-order valence-corrected chi connectivity index (χ1v) is 7.03. The highest BCUT2D eigenvalue weighted by molar-refractivity contribution is 6.29. The van der Waals surface area contributed by atoms with E-state index in [0.717, 1.165) is 36.6 Å². The summed E-state index contributed by atoms with van der Waals surface area (Å²) in [6, 6.07) is 12.2. The molecule has 1 aromatic carbocycles. The molecule has 0 aliphatic rings. The van der Waals surface area contributed by atoms with E-state index in [0.29, 0.717) is 5.15 Å². The second-order valence-corrected chi connectivity index (χ2v) is 5.16. The van der Waals surface area contributed by atoms with Gasteiger partial charge in [-0.3, -0.25) is 4.40 Å². The van der Waals surface area contributed by atoms with E-state index >= 15 is 0 Å². The molecule has 0 atom stereocenters. The highest BCUT2D eigenvalue weighted by Gasteiger charge is 2.09. The van der Waals surface area contributed by atoms with Crippen LogP contribution in [0.4, 0.5) is 0 Å². The Morgan fingerprint density at radius 2 is 1.90 bits per heavy atom. The van der Waals surface area contributed by atoms with Crippen LogP contribution in [0.5, 0.6) is 0 Å². The summed E-state index contributed by atoms with van der Waals surface area (Å²) in [6.45, 7) is 1.92. The Morgan fingerprint density at radius 3 is 2.70 bits per heavy atom. The van der Waals surface area contributed by atoms with Gasteiger partial charge in [-0.1, -0.05) is 41.9 Å². The lowest BCUT2D eigenvalue weighted by atomic mass is 10.1. The predicted octanol–water partition coefficient (Wildman–Crippen LogP) is 3.26. The average molecular weight is 287 g/mol. The highest BCUT2D eigenvalue weighted by atomic mass is 35.5. The first-order valence-electron chi connectivity index (χ1n) is 6.65. The van der Waals surface area contributed by atoms with Crippen molar-refractivity contribution in [3.63, 3.8) is 0 Å². The number of nitrogens with zero attached hydrogens (tertiary/aromatic N) is 4. The van der Waals surface area contributed by atoms with Crippen molar-refractivity contribution in [1.82, 2.24) is 19.6 Å². The molecule has 0 radical (unpaired) electrons. The van der Waals surface area contributed by atoms with Crippen molar-refractivity contribution in [2.45, 2.75) is 26.2 Å². The number of fused-ring (bicyclic) bond motifs is 1. The minimum Gasteiger partial charge on any atom is -0.267 e. The first kappa shape index (κ1) is 13.1. The van der Waals surface area contributed by atoms with Gasteiger partial charge in [0.2, 0.25) is 0 Å². The fraction of sp³-hybridized carbons (Fsp3) is 0.267. The molecule has 0 aliphatic heterocycles. The van der Waals surface area contributed by atoms with Gasteiger partial charge >= 0.3 is 0 Å². The Bertz CT molecular complexity index is 721. The molecule has 3 rings (SSSR count). The van der Waals surface area contributed by atoms with Crippen LogP contribution in [0.1, 0.15) is 23.6 Å². The van der Waals surface area contributed by atoms with Crippen molar-refractivity contribution in [3.05, 3.63) is 58.8 Å². The highest BCUT2D eigenvalue weighted by Crippen LogP contribution is 2.14. The number of hydrogen-bond acceptors (Lipinski definition) is 3. The molecule has 0 N–H and O–H groups in total. The van der Waals surface area contributed by atoms with E-state index in [4.69, 9.17) is 11.6 Å². The number of benzene rings is 1. The number of aryl methyl sites for hydroxylation is 3. The number of hydrogen-bond donors (Lipinski definition) is 0. The molecular weight excluding hydrogens is 272 g/mol. The molecule has 0 amide bonds. The summed E-state index contributed by atoms with van der Waals surface area (Å²) >= 11 is 5.93. The number of halogens is 1. The van der Waals surface area contributed by atoms with Crippen LogP contribution in [0.25, 0.3) is 5.65 Å².